The van der Waals surface area contributed by atoms with Crippen LogP contribution in [-0.2, 0) is 11.3 Å². The van der Waals surface area contributed by atoms with Crippen molar-refractivity contribution >= 4 is 16.9 Å². The van der Waals surface area contributed by atoms with Crippen molar-refractivity contribution in [2.24, 2.45) is 0 Å². The molecule has 3 rings (SSSR count). The zero-order valence-electron chi connectivity index (χ0n) is 13.8. The van der Waals surface area contributed by atoms with Gasteiger partial charge in [0.25, 0.3) is 5.91 Å². The van der Waals surface area contributed by atoms with Crippen LogP contribution in [0.2, 0.25) is 0 Å². The van der Waals surface area contributed by atoms with Crippen molar-refractivity contribution in [2.45, 2.75) is 13.5 Å². The Morgan fingerprint density at radius 2 is 2.08 bits per heavy atom. The lowest BCUT2D eigenvalue weighted by atomic mass is 10.1. The van der Waals surface area contributed by atoms with Crippen molar-refractivity contribution in [1.29, 1.82) is 0 Å². The highest BCUT2D eigenvalue weighted by atomic mass is 16.5. The molecule has 1 amide bonds. The van der Waals surface area contributed by atoms with Gasteiger partial charge in [0.05, 0.1) is 18.7 Å². The number of ether oxygens (including phenoxy) is 1. The molecule has 0 saturated carbocycles. The Labute approximate surface area is 140 Å². The van der Waals surface area contributed by atoms with Gasteiger partial charge >= 0.3 is 0 Å². The van der Waals surface area contributed by atoms with E-state index in [0.29, 0.717) is 30.8 Å². The topological polar surface area (TPSA) is 69.0 Å². The summed E-state index contributed by atoms with van der Waals surface area (Å²) >= 11 is 0. The summed E-state index contributed by atoms with van der Waals surface area (Å²) in [4.78, 5) is 12.1. The lowest BCUT2D eigenvalue weighted by Gasteiger charge is -2.07. The summed E-state index contributed by atoms with van der Waals surface area (Å²) < 4.78 is 6.78. The maximum atomic E-state index is 12.1. The van der Waals surface area contributed by atoms with Crippen LogP contribution in [0, 0.1) is 6.92 Å². The molecule has 0 fully saturated rings. The molecular weight excluding hydrogens is 304 g/mol. The maximum absolute atomic E-state index is 12.1. The number of aryl methyl sites for hydroxylation is 1. The van der Waals surface area contributed by atoms with Crippen molar-refractivity contribution < 1.29 is 9.53 Å². The molecule has 0 spiro atoms. The predicted octanol–water partition coefficient (Wildman–Crippen LogP) is 2.16. The van der Waals surface area contributed by atoms with E-state index in [0.717, 1.165) is 5.52 Å². The zero-order valence-corrected chi connectivity index (χ0v) is 13.8. The smallest absolute Gasteiger partial charge is 0.251 e. The largest absolute Gasteiger partial charge is 0.383 e. The molecule has 0 bridgehead atoms. The normalized spacial score (nSPS) is 10.9. The molecule has 6 heteroatoms. The van der Waals surface area contributed by atoms with E-state index < -0.39 is 0 Å². The summed E-state index contributed by atoms with van der Waals surface area (Å²) in [6.07, 6.45) is 0. The van der Waals surface area contributed by atoms with Gasteiger partial charge in [0.1, 0.15) is 5.52 Å². The second kappa shape index (κ2) is 7.23. The SMILES string of the molecule is COCCNC(=O)c1ccc2c(c1)nnn2Cc1ccccc1C. The summed E-state index contributed by atoms with van der Waals surface area (Å²) in [6, 6.07) is 13.6. The number of fused-ring (bicyclic) bond motifs is 1. The number of benzene rings is 2. The summed E-state index contributed by atoms with van der Waals surface area (Å²) in [6.45, 7) is 3.70. The summed E-state index contributed by atoms with van der Waals surface area (Å²) in [7, 11) is 1.60. The Morgan fingerprint density at radius 1 is 1.25 bits per heavy atom. The fourth-order valence-corrected chi connectivity index (χ4v) is 2.55. The van der Waals surface area contributed by atoms with Crippen LogP contribution >= 0.6 is 0 Å². The highest BCUT2D eigenvalue weighted by Crippen LogP contribution is 2.16. The number of nitrogens with zero attached hydrogens (tertiary/aromatic N) is 3. The van der Waals surface area contributed by atoms with Gasteiger partial charge in [0, 0.05) is 19.2 Å². The van der Waals surface area contributed by atoms with Gasteiger partial charge in [-0.3, -0.25) is 4.79 Å². The molecular formula is C18H20N4O2. The maximum Gasteiger partial charge on any atom is 0.251 e. The third-order valence-electron chi connectivity index (χ3n) is 3.95. The van der Waals surface area contributed by atoms with E-state index in [1.165, 1.54) is 11.1 Å². The molecule has 1 N–H and O–H groups in total. The molecule has 0 aliphatic rings. The Kier molecular flexibility index (Phi) is 4.86. The van der Waals surface area contributed by atoms with Crippen molar-refractivity contribution in [3.8, 4) is 0 Å². The first-order valence-corrected chi connectivity index (χ1v) is 7.84. The number of aromatic nitrogens is 3. The van der Waals surface area contributed by atoms with Crippen molar-refractivity contribution in [3.63, 3.8) is 0 Å². The number of rotatable bonds is 6. The van der Waals surface area contributed by atoms with E-state index >= 15 is 0 Å². The lowest BCUT2D eigenvalue weighted by Crippen LogP contribution is -2.26. The van der Waals surface area contributed by atoms with E-state index in [4.69, 9.17) is 4.74 Å². The number of carbonyl (C=O) groups is 1. The number of carbonyl (C=O) groups excluding carboxylic acids is 1. The number of hydrogen-bond acceptors (Lipinski definition) is 4. The van der Waals surface area contributed by atoms with E-state index in [-0.39, 0.29) is 5.91 Å². The van der Waals surface area contributed by atoms with Gasteiger partial charge in [-0.15, -0.1) is 5.10 Å². The van der Waals surface area contributed by atoms with Crippen molar-refractivity contribution in [3.05, 3.63) is 59.2 Å². The molecule has 0 unspecified atom stereocenters. The average Bonchev–Trinajstić information content (AvgIpc) is 2.99. The highest BCUT2D eigenvalue weighted by Gasteiger charge is 2.10. The van der Waals surface area contributed by atoms with E-state index in [9.17, 15) is 4.79 Å². The van der Waals surface area contributed by atoms with Crippen molar-refractivity contribution in [1.82, 2.24) is 20.3 Å². The minimum atomic E-state index is -0.137. The molecule has 0 aliphatic carbocycles. The molecule has 24 heavy (non-hydrogen) atoms. The monoisotopic (exact) mass is 324 g/mol. The molecule has 124 valence electrons. The molecule has 2 aromatic carbocycles. The first-order valence-electron chi connectivity index (χ1n) is 7.84. The molecule has 0 saturated heterocycles. The predicted molar refractivity (Wildman–Crippen MR) is 92.0 cm³/mol. The van der Waals surface area contributed by atoms with Gasteiger partial charge in [-0.05, 0) is 36.2 Å². The van der Waals surface area contributed by atoms with Crippen LogP contribution in [-0.4, -0.2) is 41.2 Å². The third kappa shape index (κ3) is 3.44. The molecule has 1 aromatic heterocycles. The van der Waals surface area contributed by atoms with Crippen LogP contribution in [0.1, 0.15) is 21.5 Å². The molecule has 0 atom stereocenters. The second-order valence-corrected chi connectivity index (χ2v) is 5.63. The van der Waals surface area contributed by atoms with Gasteiger partial charge in [-0.1, -0.05) is 29.5 Å². The van der Waals surface area contributed by atoms with E-state index in [2.05, 4.69) is 34.7 Å². The van der Waals surface area contributed by atoms with Gasteiger partial charge in [0.15, 0.2) is 0 Å². The van der Waals surface area contributed by atoms with Gasteiger partial charge < -0.3 is 10.1 Å². The second-order valence-electron chi connectivity index (χ2n) is 5.63. The number of methoxy groups -OCH3 is 1. The highest BCUT2D eigenvalue weighted by molar-refractivity contribution is 5.97. The fraction of sp³-hybridized carbons (Fsp3) is 0.278. The number of nitrogens with one attached hydrogen (secondary N) is 1. The summed E-state index contributed by atoms with van der Waals surface area (Å²) in [5.74, 6) is -0.137. The molecule has 6 nitrogen and oxygen atoms in total. The van der Waals surface area contributed by atoms with Crippen LogP contribution in [0.15, 0.2) is 42.5 Å². The molecule has 0 radical (unpaired) electrons. The standard InChI is InChI=1S/C18H20N4O2/c1-13-5-3-4-6-15(13)12-22-17-8-7-14(11-16(17)20-21-22)18(23)19-9-10-24-2/h3-8,11H,9-10,12H2,1-2H3,(H,19,23). The fourth-order valence-electron chi connectivity index (χ4n) is 2.55. The van der Waals surface area contributed by atoms with Crippen LogP contribution < -0.4 is 5.32 Å². The van der Waals surface area contributed by atoms with Crippen LogP contribution in [0.25, 0.3) is 11.0 Å². The number of amides is 1. The van der Waals surface area contributed by atoms with Crippen LogP contribution in [0.4, 0.5) is 0 Å². The van der Waals surface area contributed by atoms with Gasteiger partial charge in [-0.25, -0.2) is 4.68 Å². The molecule has 0 aliphatic heterocycles. The number of hydrogen-bond donors (Lipinski definition) is 1. The zero-order chi connectivity index (χ0) is 16.9. The quantitative estimate of drug-likeness (QED) is 0.706. The Morgan fingerprint density at radius 3 is 2.88 bits per heavy atom. The first-order chi connectivity index (χ1) is 11.7. The Bertz CT molecular complexity index is 857. The molecule has 3 aromatic rings. The molecule has 1 heterocycles. The van der Waals surface area contributed by atoms with E-state index in [1.807, 2.05) is 22.9 Å². The average molecular weight is 324 g/mol. The van der Waals surface area contributed by atoms with Gasteiger partial charge in [0.2, 0.25) is 0 Å². The summed E-state index contributed by atoms with van der Waals surface area (Å²) in [5.41, 5.74) is 4.61. The minimum absolute atomic E-state index is 0.137. The van der Waals surface area contributed by atoms with Crippen LogP contribution in [0.5, 0.6) is 0 Å². The van der Waals surface area contributed by atoms with E-state index in [1.54, 1.807) is 19.2 Å². The minimum Gasteiger partial charge on any atom is -0.383 e. The van der Waals surface area contributed by atoms with Crippen LogP contribution in [0.3, 0.4) is 0 Å². The Hall–Kier alpha value is -2.73. The third-order valence-corrected chi connectivity index (χ3v) is 3.95. The first kappa shape index (κ1) is 16.1. The lowest BCUT2D eigenvalue weighted by molar-refractivity contribution is 0.0937. The Balaban J connectivity index is 1.81. The van der Waals surface area contributed by atoms with Crippen molar-refractivity contribution in [2.75, 3.05) is 20.3 Å². The summed E-state index contributed by atoms with van der Waals surface area (Å²) in [5, 5.41) is 11.2. The van der Waals surface area contributed by atoms with Gasteiger partial charge in [-0.2, -0.15) is 0 Å².